The van der Waals surface area contributed by atoms with Gasteiger partial charge >= 0.3 is 5.97 Å². The lowest BCUT2D eigenvalue weighted by molar-refractivity contribution is -0.138. The van der Waals surface area contributed by atoms with Crippen molar-refractivity contribution in [1.82, 2.24) is 0 Å². The van der Waals surface area contributed by atoms with Crippen molar-refractivity contribution in [2.75, 3.05) is 13.4 Å². The highest BCUT2D eigenvalue weighted by atomic mass is 16.7. The first-order chi connectivity index (χ1) is 12.0. The fourth-order valence-corrected chi connectivity index (χ4v) is 2.74. The fourth-order valence-electron chi connectivity index (χ4n) is 2.74. The van der Waals surface area contributed by atoms with Crippen molar-refractivity contribution in [2.45, 2.75) is 26.2 Å². The maximum absolute atomic E-state index is 11.8. The summed E-state index contributed by atoms with van der Waals surface area (Å²) in [5.74, 6) is 0.919. The molecule has 2 aromatic rings. The number of carboxylic acids is 1. The predicted octanol–water partition coefficient (Wildman–Crippen LogP) is 3.86. The van der Waals surface area contributed by atoms with Gasteiger partial charge in [-0.2, -0.15) is 0 Å². The number of fused-ring (bicyclic) bond motifs is 1. The number of hydrogen-bond acceptors (Lipinski definition) is 4. The number of aliphatic carboxylic acids is 1. The minimum atomic E-state index is -0.868. The van der Waals surface area contributed by atoms with Gasteiger partial charge in [0.25, 0.3) is 0 Å². The van der Waals surface area contributed by atoms with Gasteiger partial charge in [0.1, 0.15) is 5.75 Å². The molecule has 0 aliphatic carbocycles. The van der Waals surface area contributed by atoms with Gasteiger partial charge in [0.15, 0.2) is 11.5 Å². The Bertz CT molecular complexity index is 754. The summed E-state index contributed by atoms with van der Waals surface area (Å²) in [6.07, 6.45) is 0.383. The van der Waals surface area contributed by atoms with Crippen LogP contribution in [-0.2, 0) is 11.2 Å². The van der Waals surface area contributed by atoms with E-state index >= 15 is 0 Å². The van der Waals surface area contributed by atoms with Crippen molar-refractivity contribution in [3.63, 3.8) is 0 Å². The van der Waals surface area contributed by atoms with Gasteiger partial charge in [-0.25, -0.2) is 0 Å². The molecule has 0 saturated carbocycles. The van der Waals surface area contributed by atoms with Crippen LogP contribution in [0.2, 0.25) is 0 Å². The number of carbonyl (C=O) groups is 1. The van der Waals surface area contributed by atoms with Crippen molar-refractivity contribution in [2.24, 2.45) is 5.92 Å². The van der Waals surface area contributed by atoms with Crippen LogP contribution in [-0.4, -0.2) is 24.5 Å². The first-order valence-electron chi connectivity index (χ1n) is 8.37. The van der Waals surface area contributed by atoms with Gasteiger partial charge in [-0.05, 0) is 47.7 Å². The Kier molecular flexibility index (Phi) is 5.12. The zero-order valence-corrected chi connectivity index (χ0v) is 14.4. The number of carboxylic acid groups (broad SMARTS) is 1. The molecule has 5 nitrogen and oxygen atoms in total. The molecule has 0 bridgehead atoms. The number of rotatable bonds is 7. The summed E-state index contributed by atoms with van der Waals surface area (Å²) in [6.45, 7) is 4.98. The van der Waals surface area contributed by atoms with Gasteiger partial charge in [0.05, 0.1) is 12.5 Å². The second-order valence-corrected chi connectivity index (χ2v) is 6.56. The molecule has 1 aliphatic heterocycles. The maximum Gasteiger partial charge on any atom is 0.311 e. The first kappa shape index (κ1) is 17.1. The molecule has 2 aromatic carbocycles. The van der Waals surface area contributed by atoms with Crippen LogP contribution in [0.25, 0.3) is 0 Å². The number of ether oxygens (including phenoxy) is 3. The van der Waals surface area contributed by atoms with Crippen molar-refractivity contribution in [1.29, 1.82) is 0 Å². The second-order valence-electron chi connectivity index (χ2n) is 6.56. The lowest BCUT2D eigenvalue weighted by atomic mass is 9.91. The SMILES string of the molecule is CC(C)COc1cccc(CC(C(=O)O)c2ccc3c(c2)OCO3)c1. The van der Waals surface area contributed by atoms with E-state index in [4.69, 9.17) is 14.2 Å². The van der Waals surface area contributed by atoms with E-state index in [1.165, 1.54) is 0 Å². The third-order valence-corrected chi connectivity index (χ3v) is 4.02. The highest BCUT2D eigenvalue weighted by Crippen LogP contribution is 2.35. The van der Waals surface area contributed by atoms with Crippen LogP contribution in [0.3, 0.4) is 0 Å². The van der Waals surface area contributed by atoms with Gasteiger partial charge in [0.2, 0.25) is 6.79 Å². The Hall–Kier alpha value is -2.69. The summed E-state index contributed by atoms with van der Waals surface area (Å²) in [5.41, 5.74) is 1.62. The topological polar surface area (TPSA) is 65.0 Å². The van der Waals surface area contributed by atoms with E-state index < -0.39 is 11.9 Å². The molecule has 0 spiro atoms. The molecule has 0 fully saturated rings. The molecule has 0 saturated heterocycles. The van der Waals surface area contributed by atoms with Gasteiger partial charge in [-0.3, -0.25) is 4.79 Å². The van der Waals surface area contributed by atoms with Crippen LogP contribution in [0.5, 0.6) is 17.2 Å². The maximum atomic E-state index is 11.8. The Morgan fingerprint density at radius 2 is 1.96 bits per heavy atom. The molecule has 25 heavy (non-hydrogen) atoms. The van der Waals surface area contributed by atoms with E-state index in [1.54, 1.807) is 18.2 Å². The van der Waals surface area contributed by atoms with Gasteiger partial charge < -0.3 is 19.3 Å². The van der Waals surface area contributed by atoms with E-state index in [9.17, 15) is 9.90 Å². The van der Waals surface area contributed by atoms with Gasteiger partial charge in [0, 0.05) is 0 Å². The van der Waals surface area contributed by atoms with Crippen LogP contribution in [0.4, 0.5) is 0 Å². The zero-order chi connectivity index (χ0) is 17.8. The molecule has 1 aliphatic rings. The molecule has 1 N–H and O–H groups in total. The third-order valence-electron chi connectivity index (χ3n) is 4.02. The summed E-state index contributed by atoms with van der Waals surface area (Å²) < 4.78 is 16.4. The van der Waals surface area contributed by atoms with E-state index in [-0.39, 0.29) is 6.79 Å². The molecule has 1 atom stereocenters. The van der Waals surface area contributed by atoms with Crippen LogP contribution >= 0.6 is 0 Å². The Labute approximate surface area is 147 Å². The standard InChI is InChI=1S/C20H22O5/c1-13(2)11-23-16-5-3-4-14(8-16)9-17(20(21)22)15-6-7-18-19(10-15)25-12-24-18/h3-8,10,13,17H,9,11-12H2,1-2H3,(H,21,22). The van der Waals surface area contributed by atoms with E-state index in [1.807, 2.05) is 24.3 Å². The summed E-state index contributed by atoms with van der Waals surface area (Å²) in [6, 6.07) is 12.9. The molecule has 0 radical (unpaired) electrons. The number of hydrogen-bond donors (Lipinski definition) is 1. The van der Waals surface area contributed by atoms with Crippen LogP contribution < -0.4 is 14.2 Å². The predicted molar refractivity (Wildman–Crippen MR) is 93.4 cm³/mol. The minimum absolute atomic E-state index is 0.172. The molecule has 132 valence electrons. The molecular weight excluding hydrogens is 320 g/mol. The normalized spacial score (nSPS) is 13.7. The monoisotopic (exact) mass is 342 g/mol. The molecule has 5 heteroatoms. The van der Waals surface area contributed by atoms with Crippen molar-refractivity contribution in [3.05, 3.63) is 53.6 Å². The molecule has 0 aromatic heterocycles. The first-order valence-corrected chi connectivity index (χ1v) is 8.37. The smallest absolute Gasteiger partial charge is 0.311 e. The Morgan fingerprint density at radius 1 is 1.16 bits per heavy atom. The number of benzene rings is 2. The largest absolute Gasteiger partial charge is 0.493 e. The average Bonchev–Trinajstić information content (AvgIpc) is 3.05. The van der Waals surface area contributed by atoms with E-state index in [0.29, 0.717) is 36.0 Å². The lowest BCUT2D eigenvalue weighted by Gasteiger charge is -2.15. The quantitative estimate of drug-likeness (QED) is 0.828. The fraction of sp³-hybridized carbons (Fsp3) is 0.350. The van der Waals surface area contributed by atoms with Crippen LogP contribution in [0.15, 0.2) is 42.5 Å². The lowest BCUT2D eigenvalue weighted by Crippen LogP contribution is -2.14. The molecule has 1 heterocycles. The molecule has 0 amide bonds. The Balaban J connectivity index is 1.78. The minimum Gasteiger partial charge on any atom is -0.493 e. The van der Waals surface area contributed by atoms with Gasteiger partial charge in [-0.1, -0.05) is 32.0 Å². The summed E-state index contributed by atoms with van der Waals surface area (Å²) >= 11 is 0. The van der Waals surface area contributed by atoms with Crippen molar-refractivity contribution in [3.8, 4) is 17.2 Å². The summed E-state index contributed by atoms with van der Waals surface area (Å²) in [7, 11) is 0. The van der Waals surface area contributed by atoms with Crippen molar-refractivity contribution >= 4 is 5.97 Å². The molecular formula is C20H22O5. The van der Waals surface area contributed by atoms with Crippen LogP contribution in [0, 0.1) is 5.92 Å². The zero-order valence-electron chi connectivity index (χ0n) is 14.4. The summed E-state index contributed by atoms with van der Waals surface area (Å²) in [5, 5.41) is 9.68. The molecule has 3 rings (SSSR count). The summed E-state index contributed by atoms with van der Waals surface area (Å²) in [4.78, 5) is 11.8. The van der Waals surface area contributed by atoms with E-state index in [2.05, 4.69) is 13.8 Å². The average molecular weight is 342 g/mol. The van der Waals surface area contributed by atoms with Crippen LogP contribution in [0.1, 0.15) is 30.9 Å². The van der Waals surface area contributed by atoms with Gasteiger partial charge in [-0.15, -0.1) is 0 Å². The van der Waals surface area contributed by atoms with Crippen molar-refractivity contribution < 1.29 is 24.1 Å². The highest BCUT2D eigenvalue weighted by Gasteiger charge is 2.23. The highest BCUT2D eigenvalue weighted by molar-refractivity contribution is 5.77. The second kappa shape index (κ2) is 7.47. The third kappa shape index (κ3) is 4.24. The Morgan fingerprint density at radius 3 is 2.72 bits per heavy atom. The van der Waals surface area contributed by atoms with E-state index in [0.717, 1.165) is 11.3 Å². The molecule has 1 unspecified atom stereocenters.